The van der Waals surface area contributed by atoms with E-state index in [1.165, 1.54) is 61.2 Å². The quantitative estimate of drug-likeness (QED) is 0.277. The maximum Gasteiger partial charge on any atom is 0.0555 e. The summed E-state index contributed by atoms with van der Waals surface area (Å²) in [5.41, 5.74) is 14.3. The normalized spacial score (nSPS) is 14.9. The van der Waals surface area contributed by atoms with Crippen LogP contribution in [0.5, 0.6) is 0 Å². The van der Waals surface area contributed by atoms with Gasteiger partial charge in [0.2, 0.25) is 0 Å². The Morgan fingerprint density at radius 3 is 1.29 bits per heavy atom. The topological polar surface area (TPSA) is 0 Å². The molecular weight excluding hydrogens is 408 g/mol. The van der Waals surface area contributed by atoms with E-state index >= 15 is 0 Å². The van der Waals surface area contributed by atoms with Crippen molar-refractivity contribution >= 4 is 6.08 Å². The monoisotopic (exact) mass is 442 g/mol. The van der Waals surface area contributed by atoms with Gasteiger partial charge in [-0.2, -0.15) is 0 Å². The highest BCUT2D eigenvalue weighted by Gasteiger charge is 2.45. The van der Waals surface area contributed by atoms with Crippen LogP contribution in [0.4, 0.5) is 0 Å². The van der Waals surface area contributed by atoms with Crippen molar-refractivity contribution in [2.24, 2.45) is 0 Å². The third kappa shape index (κ3) is 3.72. The van der Waals surface area contributed by atoms with E-state index in [9.17, 15) is 0 Å². The number of aryl methyl sites for hydroxylation is 6. The Bertz CT molecular complexity index is 1230. The molecule has 34 heavy (non-hydrogen) atoms. The van der Waals surface area contributed by atoms with Crippen molar-refractivity contribution < 1.29 is 0 Å². The number of hydrogen-bond donors (Lipinski definition) is 0. The fourth-order valence-corrected chi connectivity index (χ4v) is 6.27. The summed E-state index contributed by atoms with van der Waals surface area (Å²) in [6, 6.07) is 30.3. The van der Waals surface area contributed by atoms with Crippen LogP contribution < -0.4 is 0 Å². The lowest BCUT2D eigenvalue weighted by Crippen LogP contribution is -2.36. The molecule has 0 nitrogen and oxygen atoms in total. The number of hydrogen-bond acceptors (Lipinski definition) is 0. The minimum atomic E-state index is -0.340. The summed E-state index contributed by atoms with van der Waals surface area (Å²) in [4.78, 5) is 0. The molecule has 0 saturated heterocycles. The maximum absolute atomic E-state index is 2.44. The standard InChI is InChI=1S/C34H34/c1-22-13-23(2)17-29(16-22)34(30-18-24(3)14-25(4)19-30,31-20-26(5)15-27(6)21-31)33-12-11-28-9-7-8-10-32(28)33/h7-21,33H,1-6H3. The Morgan fingerprint density at radius 1 is 0.500 bits per heavy atom. The fourth-order valence-electron chi connectivity index (χ4n) is 6.27. The van der Waals surface area contributed by atoms with E-state index in [-0.39, 0.29) is 11.3 Å². The molecule has 1 atom stereocenters. The lowest BCUT2D eigenvalue weighted by atomic mass is 9.59. The van der Waals surface area contributed by atoms with Crippen molar-refractivity contribution in [3.63, 3.8) is 0 Å². The predicted octanol–water partition coefficient (Wildman–Crippen LogP) is 8.68. The minimum Gasteiger partial charge on any atom is -0.0748 e. The molecule has 5 rings (SSSR count). The summed E-state index contributed by atoms with van der Waals surface area (Å²) in [6.07, 6.45) is 4.76. The van der Waals surface area contributed by atoms with Crippen molar-refractivity contribution in [3.8, 4) is 0 Å². The second kappa shape index (κ2) is 8.44. The van der Waals surface area contributed by atoms with Gasteiger partial charge in [0.15, 0.2) is 0 Å². The highest BCUT2D eigenvalue weighted by atomic mass is 14.5. The third-order valence-corrected chi connectivity index (χ3v) is 7.30. The van der Waals surface area contributed by atoms with Crippen LogP contribution in [-0.2, 0) is 5.41 Å². The smallest absolute Gasteiger partial charge is 0.0555 e. The highest BCUT2D eigenvalue weighted by molar-refractivity contribution is 5.69. The first-order valence-corrected chi connectivity index (χ1v) is 12.3. The Labute approximate surface area is 205 Å². The lowest BCUT2D eigenvalue weighted by molar-refractivity contribution is 0.553. The van der Waals surface area contributed by atoms with Gasteiger partial charge in [0.1, 0.15) is 0 Å². The van der Waals surface area contributed by atoms with Crippen LogP contribution in [0, 0.1) is 41.5 Å². The average Bonchev–Trinajstić information content (AvgIpc) is 3.17. The number of rotatable bonds is 4. The van der Waals surface area contributed by atoms with E-state index in [2.05, 4.69) is 133 Å². The van der Waals surface area contributed by atoms with Gasteiger partial charge in [0.25, 0.3) is 0 Å². The predicted molar refractivity (Wildman–Crippen MR) is 146 cm³/mol. The average molecular weight is 443 g/mol. The molecule has 0 saturated carbocycles. The Balaban J connectivity index is 1.98. The van der Waals surface area contributed by atoms with Gasteiger partial charge in [-0.25, -0.2) is 0 Å². The van der Waals surface area contributed by atoms with E-state index in [0.29, 0.717) is 0 Å². The zero-order valence-electron chi connectivity index (χ0n) is 21.2. The van der Waals surface area contributed by atoms with Gasteiger partial charge in [-0.05, 0) is 69.4 Å². The van der Waals surface area contributed by atoms with Gasteiger partial charge in [-0.15, -0.1) is 0 Å². The molecule has 0 aromatic heterocycles. The molecule has 4 aromatic carbocycles. The maximum atomic E-state index is 2.44. The second-order valence-corrected chi connectivity index (χ2v) is 10.4. The van der Waals surface area contributed by atoms with E-state index in [1.54, 1.807) is 0 Å². The van der Waals surface area contributed by atoms with E-state index in [1.807, 2.05) is 0 Å². The molecule has 0 bridgehead atoms. The van der Waals surface area contributed by atoms with Crippen molar-refractivity contribution in [1.82, 2.24) is 0 Å². The molecule has 0 spiro atoms. The minimum absolute atomic E-state index is 0.201. The molecule has 1 aliphatic carbocycles. The first kappa shape index (κ1) is 22.4. The first-order valence-electron chi connectivity index (χ1n) is 12.3. The molecule has 1 unspecified atom stereocenters. The second-order valence-electron chi connectivity index (χ2n) is 10.4. The zero-order chi connectivity index (χ0) is 24.0. The Hall–Kier alpha value is -3.38. The summed E-state index contributed by atoms with van der Waals surface area (Å²) in [7, 11) is 0. The van der Waals surface area contributed by atoms with Crippen LogP contribution in [0.15, 0.2) is 84.9 Å². The van der Waals surface area contributed by atoms with Gasteiger partial charge in [-0.1, -0.05) is 124 Å². The summed E-state index contributed by atoms with van der Waals surface area (Å²) in [5.74, 6) is 0.201. The van der Waals surface area contributed by atoms with Crippen LogP contribution >= 0.6 is 0 Å². The SMILES string of the molecule is Cc1cc(C)cc(C(c2cc(C)cc(C)c2)(c2cc(C)cc(C)c2)C2C=Cc3ccccc32)c1. The van der Waals surface area contributed by atoms with Gasteiger partial charge in [0.05, 0.1) is 5.41 Å². The molecular formula is C34H34. The van der Waals surface area contributed by atoms with Crippen LogP contribution in [0.2, 0.25) is 0 Å². The van der Waals surface area contributed by atoms with Crippen LogP contribution in [0.1, 0.15) is 67.1 Å². The summed E-state index contributed by atoms with van der Waals surface area (Å²) >= 11 is 0. The summed E-state index contributed by atoms with van der Waals surface area (Å²) < 4.78 is 0. The molecule has 4 aromatic rings. The van der Waals surface area contributed by atoms with E-state index < -0.39 is 0 Å². The lowest BCUT2D eigenvalue weighted by Gasteiger charge is -2.42. The van der Waals surface area contributed by atoms with Crippen LogP contribution in [-0.4, -0.2) is 0 Å². The number of benzene rings is 4. The van der Waals surface area contributed by atoms with Gasteiger partial charge < -0.3 is 0 Å². The van der Waals surface area contributed by atoms with Crippen molar-refractivity contribution in [3.05, 3.63) is 146 Å². The van der Waals surface area contributed by atoms with Crippen molar-refractivity contribution in [2.75, 3.05) is 0 Å². The molecule has 0 N–H and O–H groups in total. The van der Waals surface area contributed by atoms with E-state index in [0.717, 1.165) is 0 Å². The number of allylic oxidation sites excluding steroid dienone is 1. The highest BCUT2D eigenvalue weighted by Crippen LogP contribution is 2.54. The molecule has 0 fully saturated rings. The molecule has 0 amide bonds. The summed E-state index contributed by atoms with van der Waals surface area (Å²) in [5, 5.41) is 0. The molecule has 0 aliphatic heterocycles. The van der Waals surface area contributed by atoms with Gasteiger partial charge >= 0.3 is 0 Å². The van der Waals surface area contributed by atoms with Crippen molar-refractivity contribution in [1.29, 1.82) is 0 Å². The zero-order valence-corrected chi connectivity index (χ0v) is 21.2. The molecule has 0 radical (unpaired) electrons. The van der Waals surface area contributed by atoms with Crippen LogP contribution in [0.25, 0.3) is 6.08 Å². The molecule has 0 heteroatoms. The van der Waals surface area contributed by atoms with Gasteiger partial charge in [-0.3, -0.25) is 0 Å². The largest absolute Gasteiger partial charge is 0.0748 e. The first-order chi connectivity index (χ1) is 16.3. The number of fused-ring (bicyclic) bond motifs is 1. The third-order valence-electron chi connectivity index (χ3n) is 7.30. The Kier molecular flexibility index (Phi) is 5.56. The molecule has 1 aliphatic rings. The van der Waals surface area contributed by atoms with Gasteiger partial charge in [0, 0.05) is 5.92 Å². The van der Waals surface area contributed by atoms with E-state index in [4.69, 9.17) is 0 Å². The Morgan fingerprint density at radius 2 is 0.882 bits per heavy atom. The molecule has 170 valence electrons. The fraction of sp³-hybridized carbons (Fsp3) is 0.235. The van der Waals surface area contributed by atoms with Crippen LogP contribution in [0.3, 0.4) is 0 Å². The summed E-state index contributed by atoms with van der Waals surface area (Å²) in [6.45, 7) is 13.3. The van der Waals surface area contributed by atoms with Crippen molar-refractivity contribution in [2.45, 2.75) is 52.9 Å². The molecule has 0 heterocycles.